The minimum absolute atomic E-state index is 0.177. The van der Waals surface area contributed by atoms with Gasteiger partial charge in [0.1, 0.15) is 0 Å². The lowest BCUT2D eigenvalue weighted by molar-refractivity contribution is 0.277. The lowest BCUT2D eigenvalue weighted by Gasteiger charge is -2.22. The minimum atomic E-state index is 0.177. The van der Waals surface area contributed by atoms with Crippen LogP contribution in [-0.2, 0) is 0 Å². The van der Waals surface area contributed by atoms with E-state index in [0.717, 1.165) is 15.6 Å². The zero-order valence-electron chi connectivity index (χ0n) is 11.4. The predicted octanol–water partition coefficient (Wildman–Crippen LogP) is 5.02. The normalized spacial score (nSPS) is 12.6. The Bertz CT molecular complexity index is 576. The molecule has 1 atom stereocenters. The van der Waals surface area contributed by atoms with E-state index in [1.807, 2.05) is 66.8 Å². The smallest absolute Gasteiger partial charge is 0.0688 e. The van der Waals surface area contributed by atoms with Crippen molar-refractivity contribution in [1.29, 1.82) is 0 Å². The summed E-state index contributed by atoms with van der Waals surface area (Å²) in [5.41, 5.74) is 2.19. The van der Waals surface area contributed by atoms with Crippen molar-refractivity contribution in [1.82, 2.24) is 5.01 Å². The molecule has 2 aromatic rings. The van der Waals surface area contributed by atoms with E-state index < -0.39 is 0 Å². The lowest BCUT2D eigenvalue weighted by Crippen LogP contribution is -2.16. The molecule has 0 N–H and O–H groups in total. The van der Waals surface area contributed by atoms with Crippen molar-refractivity contribution in [3.05, 3.63) is 69.7 Å². The van der Waals surface area contributed by atoms with E-state index in [1.54, 1.807) is 0 Å². The summed E-state index contributed by atoms with van der Waals surface area (Å²) in [7, 11) is 1.95. The zero-order chi connectivity index (χ0) is 14.5. The van der Waals surface area contributed by atoms with E-state index in [2.05, 4.69) is 12.0 Å². The van der Waals surface area contributed by atoms with Crippen LogP contribution in [0.3, 0.4) is 0 Å². The largest absolute Gasteiger partial charge is 0.293 e. The van der Waals surface area contributed by atoms with Crippen LogP contribution in [0.25, 0.3) is 0 Å². The fourth-order valence-corrected chi connectivity index (χ4v) is 2.02. The van der Waals surface area contributed by atoms with Gasteiger partial charge in [0, 0.05) is 17.1 Å². The lowest BCUT2D eigenvalue weighted by atomic mass is 10.1. The van der Waals surface area contributed by atoms with Gasteiger partial charge in [-0.05, 0) is 42.3 Å². The Kier molecular flexibility index (Phi) is 5.05. The number of benzene rings is 2. The first kappa shape index (κ1) is 14.9. The highest BCUT2D eigenvalue weighted by molar-refractivity contribution is 6.30. The van der Waals surface area contributed by atoms with E-state index in [0.29, 0.717) is 0 Å². The first-order valence-corrected chi connectivity index (χ1v) is 7.09. The van der Waals surface area contributed by atoms with Gasteiger partial charge in [-0.2, -0.15) is 5.10 Å². The van der Waals surface area contributed by atoms with Gasteiger partial charge in [-0.3, -0.25) is 5.01 Å². The molecule has 0 aliphatic heterocycles. The molecule has 0 saturated heterocycles. The zero-order valence-corrected chi connectivity index (χ0v) is 12.9. The van der Waals surface area contributed by atoms with Gasteiger partial charge in [-0.25, -0.2) is 0 Å². The van der Waals surface area contributed by atoms with Crippen LogP contribution in [0.1, 0.15) is 24.1 Å². The number of halogens is 2. The maximum absolute atomic E-state index is 5.90. The second-order valence-corrected chi connectivity index (χ2v) is 5.47. The number of nitrogens with zero attached hydrogens (tertiary/aromatic N) is 2. The summed E-state index contributed by atoms with van der Waals surface area (Å²) < 4.78 is 0. The minimum Gasteiger partial charge on any atom is -0.293 e. The highest BCUT2D eigenvalue weighted by atomic mass is 35.5. The van der Waals surface area contributed by atoms with Crippen molar-refractivity contribution in [3.8, 4) is 0 Å². The molecule has 0 bridgehead atoms. The summed E-state index contributed by atoms with van der Waals surface area (Å²) in [6, 6.07) is 15.6. The van der Waals surface area contributed by atoms with Crippen LogP contribution in [0.2, 0.25) is 10.0 Å². The predicted molar refractivity (Wildman–Crippen MR) is 86.7 cm³/mol. The number of hydrogen-bond acceptors (Lipinski definition) is 2. The molecule has 0 heterocycles. The molecule has 104 valence electrons. The van der Waals surface area contributed by atoms with Crippen molar-refractivity contribution in [3.63, 3.8) is 0 Å². The van der Waals surface area contributed by atoms with E-state index in [4.69, 9.17) is 23.2 Å². The summed E-state index contributed by atoms with van der Waals surface area (Å²) in [5, 5.41) is 7.84. The topological polar surface area (TPSA) is 15.6 Å². The van der Waals surface area contributed by atoms with Crippen LogP contribution in [0.5, 0.6) is 0 Å². The molecule has 2 aromatic carbocycles. The average Bonchev–Trinajstić information content (AvgIpc) is 2.46. The summed E-state index contributed by atoms with van der Waals surface area (Å²) in [5.74, 6) is 0. The Balaban J connectivity index is 2.05. The van der Waals surface area contributed by atoms with E-state index >= 15 is 0 Å². The number of rotatable bonds is 4. The number of hydrazone groups is 1. The van der Waals surface area contributed by atoms with Crippen molar-refractivity contribution >= 4 is 29.4 Å². The van der Waals surface area contributed by atoms with Crippen LogP contribution in [0.15, 0.2) is 53.6 Å². The fraction of sp³-hybridized carbons (Fsp3) is 0.188. The molecule has 0 radical (unpaired) electrons. The first-order valence-electron chi connectivity index (χ1n) is 6.34. The Morgan fingerprint density at radius 2 is 1.45 bits per heavy atom. The Morgan fingerprint density at radius 1 is 0.950 bits per heavy atom. The molecule has 0 aliphatic rings. The molecule has 0 fully saturated rings. The Labute approximate surface area is 129 Å². The molecule has 0 saturated carbocycles. The second kappa shape index (κ2) is 6.78. The summed E-state index contributed by atoms with van der Waals surface area (Å²) >= 11 is 11.7. The monoisotopic (exact) mass is 306 g/mol. The molecule has 2 rings (SSSR count). The molecule has 0 amide bonds. The average molecular weight is 307 g/mol. The van der Waals surface area contributed by atoms with Crippen LogP contribution >= 0.6 is 23.2 Å². The van der Waals surface area contributed by atoms with Crippen molar-refractivity contribution < 1.29 is 0 Å². The van der Waals surface area contributed by atoms with Crippen molar-refractivity contribution in [2.45, 2.75) is 13.0 Å². The molecular formula is C16H16Cl2N2. The molecule has 2 nitrogen and oxygen atoms in total. The van der Waals surface area contributed by atoms with Crippen LogP contribution in [0, 0.1) is 0 Å². The summed E-state index contributed by atoms with van der Waals surface area (Å²) in [6.45, 7) is 2.10. The first-order chi connectivity index (χ1) is 9.56. The maximum Gasteiger partial charge on any atom is 0.0688 e. The van der Waals surface area contributed by atoms with E-state index in [1.165, 1.54) is 5.56 Å². The third-order valence-electron chi connectivity index (χ3n) is 3.17. The molecule has 4 heteroatoms. The van der Waals surface area contributed by atoms with Crippen molar-refractivity contribution in [2.24, 2.45) is 5.10 Å². The molecule has 0 aliphatic carbocycles. The van der Waals surface area contributed by atoms with E-state index in [9.17, 15) is 0 Å². The summed E-state index contributed by atoms with van der Waals surface area (Å²) in [6.07, 6.45) is 1.82. The van der Waals surface area contributed by atoms with Gasteiger partial charge in [-0.1, -0.05) is 47.5 Å². The van der Waals surface area contributed by atoms with Gasteiger partial charge < -0.3 is 0 Å². The highest BCUT2D eigenvalue weighted by Crippen LogP contribution is 2.20. The van der Waals surface area contributed by atoms with Crippen LogP contribution in [0.4, 0.5) is 0 Å². The molecule has 20 heavy (non-hydrogen) atoms. The molecule has 0 aromatic heterocycles. The Hall–Kier alpha value is -1.51. The highest BCUT2D eigenvalue weighted by Gasteiger charge is 2.08. The van der Waals surface area contributed by atoms with Gasteiger partial charge in [0.25, 0.3) is 0 Å². The van der Waals surface area contributed by atoms with Gasteiger partial charge in [0.2, 0.25) is 0 Å². The van der Waals surface area contributed by atoms with Gasteiger partial charge in [-0.15, -0.1) is 0 Å². The van der Waals surface area contributed by atoms with Crippen molar-refractivity contribution in [2.75, 3.05) is 7.05 Å². The molecule has 1 unspecified atom stereocenters. The molecule has 0 spiro atoms. The standard InChI is InChI=1S/C16H16Cl2N2/c1-12(14-5-9-16(18)10-6-14)20(2)19-11-13-3-7-15(17)8-4-13/h3-12H,1-2H3/b19-11+. The fourth-order valence-electron chi connectivity index (χ4n) is 1.76. The second-order valence-electron chi connectivity index (χ2n) is 4.60. The quantitative estimate of drug-likeness (QED) is 0.572. The number of hydrogen-bond donors (Lipinski definition) is 0. The van der Waals surface area contributed by atoms with Crippen LogP contribution in [-0.4, -0.2) is 18.3 Å². The van der Waals surface area contributed by atoms with Gasteiger partial charge >= 0.3 is 0 Å². The Morgan fingerprint density at radius 3 is 2.00 bits per heavy atom. The molecular weight excluding hydrogens is 291 g/mol. The maximum atomic E-state index is 5.90. The van der Waals surface area contributed by atoms with E-state index in [-0.39, 0.29) is 6.04 Å². The van der Waals surface area contributed by atoms with Gasteiger partial charge in [0.05, 0.1) is 12.3 Å². The van der Waals surface area contributed by atoms with Crippen LogP contribution < -0.4 is 0 Å². The summed E-state index contributed by atoms with van der Waals surface area (Å²) in [4.78, 5) is 0. The SMILES string of the molecule is CC(c1ccc(Cl)cc1)N(C)/N=C/c1ccc(Cl)cc1. The van der Waals surface area contributed by atoms with Gasteiger partial charge in [0.15, 0.2) is 0 Å². The third-order valence-corrected chi connectivity index (χ3v) is 3.68. The third kappa shape index (κ3) is 3.99.